The van der Waals surface area contributed by atoms with Gasteiger partial charge in [-0.15, -0.1) is 0 Å². The molecule has 1 aliphatic heterocycles. The molecule has 1 saturated heterocycles. The summed E-state index contributed by atoms with van der Waals surface area (Å²) in [6.45, 7) is 1.06. The van der Waals surface area contributed by atoms with Gasteiger partial charge in [-0.3, -0.25) is 9.59 Å². The molecule has 0 aliphatic carbocycles. The van der Waals surface area contributed by atoms with Gasteiger partial charge in [0, 0.05) is 25.1 Å². The molecule has 1 aromatic carbocycles. The number of carbonyl (C=O) groups excluding carboxylic acids is 1. The zero-order chi connectivity index (χ0) is 14.0. The Morgan fingerprint density at radius 2 is 2.05 bits per heavy atom. The average Bonchev–Trinajstić information content (AvgIpc) is 2.79. The topological polar surface area (TPSA) is 57.6 Å². The Labute approximate surface area is 120 Å². The number of aliphatic carboxylic acids is 1. The van der Waals surface area contributed by atoms with Gasteiger partial charge >= 0.3 is 5.97 Å². The van der Waals surface area contributed by atoms with E-state index in [1.165, 1.54) is 6.07 Å². The molecule has 6 heteroatoms. The van der Waals surface area contributed by atoms with Crippen LogP contribution in [0.1, 0.15) is 23.2 Å². The van der Waals surface area contributed by atoms with Gasteiger partial charge in [0.15, 0.2) is 0 Å². The summed E-state index contributed by atoms with van der Waals surface area (Å²) in [5.74, 6) is -0.926. The SMILES string of the molecule is O=C(O)CC1CCN(C(=O)c2ccc(Cl)c(Cl)c2)C1. The van der Waals surface area contributed by atoms with Crippen LogP contribution in [0, 0.1) is 5.92 Å². The van der Waals surface area contributed by atoms with E-state index in [2.05, 4.69) is 0 Å². The number of carboxylic acid groups (broad SMARTS) is 1. The van der Waals surface area contributed by atoms with E-state index in [0.29, 0.717) is 28.7 Å². The normalized spacial score (nSPS) is 18.6. The molecule has 1 N–H and O–H groups in total. The summed E-state index contributed by atoms with van der Waals surface area (Å²) in [6.07, 6.45) is 0.824. The average molecular weight is 302 g/mol. The molecule has 1 fully saturated rings. The summed E-state index contributed by atoms with van der Waals surface area (Å²) < 4.78 is 0. The first-order valence-corrected chi connectivity index (χ1v) is 6.69. The number of hydrogen-bond acceptors (Lipinski definition) is 2. The number of carboxylic acids is 1. The van der Waals surface area contributed by atoms with Crippen LogP contribution >= 0.6 is 23.2 Å². The van der Waals surface area contributed by atoms with Crippen molar-refractivity contribution in [3.63, 3.8) is 0 Å². The smallest absolute Gasteiger partial charge is 0.303 e. The Kier molecular flexibility index (Phi) is 4.32. The highest BCUT2D eigenvalue weighted by molar-refractivity contribution is 6.42. The molecule has 2 rings (SSSR count). The molecule has 0 bridgehead atoms. The lowest BCUT2D eigenvalue weighted by molar-refractivity contribution is -0.138. The van der Waals surface area contributed by atoms with Crippen molar-refractivity contribution in [2.45, 2.75) is 12.8 Å². The van der Waals surface area contributed by atoms with Crippen molar-refractivity contribution >= 4 is 35.1 Å². The lowest BCUT2D eigenvalue weighted by atomic mass is 10.1. The molecular formula is C13H13Cl2NO3. The summed E-state index contributed by atoms with van der Waals surface area (Å²) in [5.41, 5.74) is 0.477. The van der Waals surface area contributed by atoms with Crippen LogP contribution in [0.2, 0.25) is 10.0 Å². The first-order chi connectivity index (χ1) is 8.97. The fourth-order valence-electron chi connectivity index (χ4n) is 2.24. The first-order valence-electron chi connectivity index (χ1n) is 5.93. The molecule has 19 heavy (non-hydrogen) atoms. The lowest BCUT2D eigenvalue weighted by Gasteiger charge is -2.16. The quantitative estimate of drug-likeness (QED) is 0.934. The van der Waals surface area contributed by atoms with Crippen molar-refractivity contribution in [1.29, 1.82) is 0 Å². The Hall–Kier alpha value is -1.26. The van der Waals surface area contributed by atoms with Crippen LogP contribution in [0.4, 0.5) is 0 Å². The largest absolute Gasteiger partial charge is 0.481 e. The highest BCUT2D eigenvalue weighted by atomic mass is 35.5. The Morgan fingerprint density at radius 3 is 2.68 bits per heavy atom. The molecule has 1 unspecified atom stereocenters. The fraction of sp³-hybridized carbons (Fsp3) is 0.385. The molecule has 0 spiro atoms. The third-order valence-corrected chi connectivity index (χ3v) is 3.94. The third kappa shape index (κ3) is 3.39. The number of rotatable bonds is 3. The van der Waals surface area contributed by atoms with Gasteiger partial charge in [-0.2, -0.15) is 0 Å². The van der Waals surface area contributed by atoms with Crippen molar-refractivity contribution in [2.75, 3.05) is 13.1 Å². The van der Waals surface area contributed by atoms with Crippen molar-refractivity contribution in [3.8, 4) is 0 Å². The van der Waals surface area contributed by atoms with Crippen molar-refractivity contribution in [1.82, 2.24) is 4.90 Å². The zero-order valence-electron chi connectivity index (χ0n) is 10.1. The minimum absolute atomic E-state index is 0.0317. The lowest BCUT2D eigenvalue weighted by Crippen LogP contribution is -2.29. The molecule has 1 aliphatic rings. The van der Waals surface area contributed by atoms with E-state index in [1.54, 1.807) is 17.0 Å². The van der Waals surface area contributed by atoms with E-state index in [1.807, 2.05) is 0 Å². The van der Waals surface area contributed by atoms with Crippen LogP contribution in [0.5, 0.6) is 0 Å². The fourth-order valence-corrected chi connectivity index (χ4v) is 2.54. The highest BCUT2D eigenvalue weighted by Crippen LogP contribution is 2.25. The number of likely N-dealkylation sites (tertiary alicyclic amines) is 1. The van der Waals surface area contributed by atoms with Crippen LogP contribution < -0.4 is 0 Å². The number of carbonyl (C=O) groups is 2. The van der Waals surface area contributed by atoms with Crippen molar-refractivity contribution < 1.29 is 14.7 Å². The molecule has 0 radical (unpaired) electrons. The molecular weight excluding hydrogens is 289 g/mol. The van der Waals surface area contributed by atoms with Gasteiger partial charge < -0.3 is 10.0 Å². The molecule has 4 nitrogen and oxygen atoms in total. The van der Waals surface area contributed by atoms with Gasteiger partial charge in [0.1, 0.15) is 0 Å². The van der Waals surface area contributed by atoms with Crippen LogP contribution in [0.3, 0.4) is 0 Å². The van der Waals surface area contributed by atoms with E-state index < -0.39 is 5.97 Å². The maximum absolute atomic E-state index is 12.2. The first kappa shape index (κ1) is 14.2. The Balaban J connectivity index is 2.04. The second-order valence-electron chi connectivity index (χ2n) is 4.63. The van der Waals surface area contributed by atoms with E-state index in [0.717, 1.165) is 6.42 Å². The third-order valence-electron chi connectivity index (χ3n) is 3.20. The van der Waals surface area contributed by atoms with Crippen LogP contribution in [0.25, 0.3) is 0 Å². The van der Waals surface area contributed by atoms with E-state index in [4.69, 9.17) is 28.3 Å². The molecule has 0 saturated carbocycles. The molecule has 1 atom stereocenters. The summed E-state index contributed by atoms with van der Waals surface area (Å²) >= 11 is 11.7. The van der Waals surface area contributed by atoms with E-state index in [-0.39, 0.29) is 18.2 Å². The molecule has 1 heterocycles. The van der Waals surface area contributed by atoms with Crippen LogP contribution in [-0.2, 0) is 4.79 Å². The highest BCUT2D eigenvalue weighted by Gasteiger charge is 2.28. The minimum Gasteiger partial charge on any atom is -0.481 e. The predicted octanol–water partition coefficient (Wildman–Crippen LogP) is 2.93. The monoisotopic (exact) mass is 301 g/mol. The van der Waals surface area contributed by atoms with Gasteiger partial charge in [0.05, 0.1) is 10.0 Å². The number of halogens is 2. The van der Waals surface area contributed by atoms with Gasteiger partial charge in [-0.1, -0.05) is 23.2 Å². The van der Waals surface area contributed by atoms with Crippen LogP contribution in [-0.4, -0.2) is 35.0 Å². The number of benzene rings is 1. The molecule has 1 aromatic rings. The zero-order valence-corrected chi connectivity index (χ0v) is 11.6. The molecule has 102 valence electrons. The maximum Gasteiger partial charge on any atom is 0.303 e. The number of amides is 1. The van der Waals surface area contributed by atoms with E-state index >= 15 is 0 Å². The van der Waals surface area contributed by atoms with Gasteiger partial charge in [-0.25, -0.2) is 0 Å². The van der Waals surface area contributed by atoms with Crippen molar-refractivity contribution in [3.05, 3.63) is 33.8 Å². The summed E-state index contributed by atoms with van der Waals surface area (Å²) in [5, 5.41) is 9.49. The van der Waals surface area contributed by atoms with E-state index in [9.17, 15) is 9.59 Å². The summed E-state index contributed by atoms with van der Waals surface area (Å²) in [6, 6.07) is 4.75. The minimum atomic E-state index is -0.825. The molecule has 1 amide bonds. The van der Waals surface area contributed by atoms with Crippen LogP contribution in [0.15, 0.2) is 18.2 Å². The number of nitrogens with zero attached hydrogens (tertiary/aromatic N) is 1. The van der Waals surface area contributed by atoms with Crippen molar-refractivity contribution in [2.24, 2.45) is 5.92 Å². The number of hydrogen-bond donors (Lipinski definition) is 1. The Bertz CT molecular complexity index is 519. The Morgan fingerprint density at radius 1 is 1.32 bits per heavy atom. The summed E-state index contributed by atoms with van der Waals surface area (Å²) in [4.78, 5) is 24.5. The van der Waals surface area contributed by atoms with Gasteiger partial charge in [0.2, 0.25) is 0 Å². The van der Waals surface area contributed by atoms with Gasteiger partial charge in [0.25, 0.3) is 5.91 Å². The standard InChI is InChI=1S/C13H13Cl2NO3/c14-10-2-1-9(6-11(10)15)13(19)16-4-3-8(7-16)5-12(17)18/h1-2,6,8H,3-5,7H2,(H,17,18). The second-order valence-corrected chi connectivity index (χ2v) is 5.45. The predicted molar refractivity (Wildman–Crippen MR) is 72.7 cm³/mol. The maximum atomic E-state index is 12.2. The second kappa shape index (κ2) is 5.80. The van der Waals surface area contributed by atoms with Gasteiger partial charge in [-0.05, 0) is 30.5 Å². The molecule has 0 aromatic heterocycles. The summed E-state index contributed by atoms with van der Waals surface area (Å²) in [7, 11) is 0.